The Balaban J connectivity index is 1.62. The molecule has 2 aromatic rings. The second-order valence-corrected chi connectivity index (χ2v) is 6.07. The van der Waals surface area contributed by atoms with Gasteiger partial charge in [0.15, 0.2) is 0 Å². The van der Waals surface area contributed by atoms with Gasteiger partial charge in [0.1, 0.15) is 0 Å². The maximum atomic E-state index is 11.1. The monoisotopic (exact) mass is 314 g/mol. The lowest BCUT2D eigenvalue weighted by Gasteiger charge is -2.32. The molecule has 1 aliphatic heterocycles. The third-order valence-corrected chi connectivity index (χ3v) is 4.46. The van der Waals surface area contributed by atoms with E-state index in [-0.39, 0.29) is 0 Å². The van der Waals surface area contributed by atoms with Crippen LogP contribution in [0.15, 0.2) is 24.3 Å². The van der Waals surface area contributed by atoms with Gasteiger partial charge in [-0.15, -0.1) is 10.2 Å². The SMILES string of the molecule is CN1CCCCC1CCn1nnc(-c2ccc(C(N)=O)cc2)n1. The highest BCUT2D eigenvalue weighted by Gasteiger charge is 2.19. The van der Waals surface area contributed by atoms with E-state index in [2.05, 4.69) is 27.4 Å². The normalized spacial score (nSPS) is 18.9. The van der Waals surface area contributed by atoms with E-state index in [9.17, 15) is 4.79 Å². The van der Waals surface area contributed by atoms with E-state index >= 15 is 0 Å². The fourth-order valence-corrected chi connectivity index (χ4v) is 3.01. The van der Waals surface area contributed by atoms with Gasteiger partial charge in [0.2, 0.25) is 11.7 Å². The van der Waals surface area contributed by atoms with Crippen LogP contribution in [0.3, 0.4) is 0 Å². The summed E-state index contributed by atoms with van der Waals surface area (Å²) in [5.41, 5.74) is 6.54. The highest BCUT2D eigenvalue weighted by molar-refractivity contribution is 5.93. The van der Waals surface area contributed by atoms with Crippen LogP contribution in [0.2, 0.25) is 0 Å². The van der Waals surface area contributed by atoms with E-state index in [0.717, 1.165) is 18.5 Å². The molecule has 1 atom stereocenters. The minimum Gasteiger partial charge on any atom is -0.366 e. The van der Waals surface area contributed by atoms with Gasteiger partial charge >= 0.3 is 0 Å². The van der Waals surface area contributed by atoms with Crippen molar-refractivity contribution in [1.82, 2.24) is 25.1 Å². The van der Waals surface area contributed by atoms with Crippen molar-refractivity contribution < 1.29 is 4.79 Å². The molecule has 1 fully saturated rings. The maximum Gasteiger partial charge on any atom is 0.248 e. The highest BCUT2D eigenvalue weighted by Crippen LogP contribution is 2.18. The van der Waals surface area contributed by atoms with Crippen LogP contribution in [0.25, 0.3) is 11.4 Å². The van der Waals surface area contributed by atoms with Gasteiger partial charge in [0.05, 0.1) is 6.54 Å². The minimum absolute atomic E-state index is 0.440. The quantitative estimate of drug-likeness (QED) is 0.898. The van der Waals surface area contributed by atoms with E-state index in [4.69, 9.17) is 5.73 Å². The predicted molar refractivity (Wildman–Crippen MR) is 86.7 cm³/mol. The van der Waals surface area contributed by atoms with Crippen LogP contribution in [0.5, 0.6) is 0 Å². The Morgan fingerprint density at radius 1 is 1.30 bits per heavy atom. The number of primary amides is 1. The third kappa shape index (κ3) is 3.73. The lowest BCUT2D eigenvalue weighted by atomic mass is 10.0. The standard InChI is InChI=1S/C16H22N6O/c1-21-10-3-2-4-14(21)9-11-22-19-16(18-20-22)13-7-5-12(6-8-13)15(17)23/h5-8,14H,2-4,9-11H2,1H3,(H2,17,23). The van der Waals surface area contributed by atoms with Gasteiger partial charge in [-0.05, 0) is 50.2 Å². The zero-order chi connectivity index (χ0) is 16.2. The first-order valence-electron chi connectivity index (χ1n) is 8.02. The van der Waals surface area contributed by atoms with E-state index in [0.29, 0.717) is 17.4 Å². The number of piperidine rings is 1. The number of hydrogen-bond acceptors (Lipinski definition) is 5. The van der Waals surface area contributed by atoms with Crippen LogP contribution in [0, 0.1) is 0 Å². The summed E-state index contributed by atoms with van der Waals surface area (Å²) in [4.78, 5) is 15.2. The molecule has 122 valence electrons. The first-order valence-corrected chi connectivity index (χ1v) is 8.02. The number of nitrogens with two attached hydrogens (primary N) is 1. The number of aryl methyl sites for hydroxylation is 1. The van der Waals surface area contributed by atoms with Gasteiger partial charge in [-0.3, -0.25) is 4.79 Å². The average molecular weight is 314 g/mol. The molecule has 1 saturated heterocycles. The molecular weight excluding hydrogens is 292 g/mol. The van der Waals surface area contributed by atoms with Crippen LogP contribution >= 0.6 is 0 Å². The van der Waals surface area contributed by atoms with E-state index in [1.54, 1.807) is 29.1 Å². The molecule has 1 aromatic heterocycles. The zero-order valence-corrected chi connectivity index (χ0v) is 13.4. The summed E-state index contributed by atoms with van der Waals surface area (Å²) in [6.07, 6.45) is 4.87. The van der Waals surface area contributed by atoms with Crippen molar-refractivity contribution in [3.63, 3.8) is 0 Å². The Kier molecular flexibility index (Phi) is 4.66. The van der Waals surface area contributed by atoms with Gasteiger partial charge in [-0.1, -0.05) is 18.6 Å². The molecule has 23 heavy (non-hydrogen) atoms. The van der Waals surface area contributed by atoms with Gasteiger partial charge in [-0.25, -0.2) is 0 Å². The molecule has 7 nitrogen and oxygen atoms in total. The predicted octanol–water partition coefficient (Wildman–Crippen LogP) is 1.31. The molecule has 0 bridgehead atoms. The van der Waals surface area contributed by atoms with Crippen molar-refractivity contribution in [1.29, 1.82) is 0 Å². The number of aromatic nitrogens is 4. The second kappa shape index (κ2) is 6.87. The first-order chi connectivity index (χ1) is 11.1. The number of amides is 1. The summed E-state index contributed by atoms with van der Waals surface area (Å²) in [6.45, 7) is 1.94. The van der Waals surface area contributed by atoms with Crippen LogP contribution in [-0.2, 0) is 6.54 Å². The molecular formula is C16H22N6O. The third-order valence-electron chi connectivity index (χ3n) is 4.46. The van der Waals surface area contributed by atoms with Gasteiger partial charge < -0.3 is 10.6 Å². The summed E-state index contributed by atoms with van der Waals surface area (Å²) in [7, 11) is 2.18. The largest absolute Gasteiger partial charge is 0.366 e. The fraction of sp³-hybridized carbons (Fsp3) is 0.500. The van der Waals surface area contributed by atoms with Crippen LogP contribution in [0.4, 0.5) is 0 Å². The summed E-state index contributed by atoms with van der Waals surface area (Å²) < 4.78 is 0. The molecule has 7 heteroatoms. The molecule has 1 amide bonds. The lowest BCUT2D eigenvalue weighted by Crippen LogP contribution is -2.36. The molecule has 0 saturated carbocycles. The Bertz CT molecular complexity index is 665. The molecule has 1 unspecified atom stereocenters. The Morgan fingerprint density at radius 3 is 2.78 bits per heavy atom. The Hall–Kier alpha value is -2.28. The van der Waals surface area contributed by atoms with Gasteiger partial charge in [-0.2, -0.15) is 4.80 Å². The number of nitrogens with zero attached hydrogens (tertiary/aromatic N) is 5. The maximum absolute atomic E-state index is 11.1. The smallest absolute Gasteiger partial charge is 0.248 e. The molecule has 2 heterocycles. The minimum atomic E-state index is -0.440. The molecule has 0 radical (unpaired) electrons. The number of rotatable bonds is 5. The van der Waals surface area contributed by atoms with Crippen molar-refractivity contribution in [3.8, 4) is 11.4 Å². The summed E-state index contributed by atoms with van der Waals surface area (Å²) in [5.74, 6) is 0.128. The number of tetrazole rings is 1. The van der Waals surface area contributed by atoms with Crippen LogP contribution < -0.4 is 5.73 Å². The Labute approximate surface area is 135 Å². The number of carbonyl (C=O) groups is 1. The van der Waals surface area contributed by atoms with Crippen molar-refractivity contribution in [2.75, 3.05) is 13.6 Å². The topological polar surface area (TPSA) is 89.9 Å². The van der Waals surface area contributed by atoms with Crippen LogP contribution in [-0.4, -0.2) is 50.6 Å². The first kappa shape index (κ1) is 15.6. The summed E-state index contributed by atoms with van der Waals surface area (Å²) in [5, 5.41) is 12.6. The van der Waals surface area contributed by atoms with Crippen molar-refractivity contribution >= 4 is 5.91 Å². The van der Waals surface area contributed by atoms with E-state index < -0.39 is 5.91 Å². The number of carbonyl (C=O) groups excluding carboxylic acids is 1. The van der Waals surface area contributed by atoms with Gasteiger partial charge in [0, 0.05) is 17.2 Å². The summed E-state index contributed by atoms with van der Waals surface area (Å²) >= 11 is 0. The van der Waals surface area contributed by atoms with Crippen molar-refractivity contribution in [2.24, 2.45) is 5.73 Å². The second-order valence-electron chi connectivity index (χ2n) is 6.07. The average Bonchev–Trinajstić information content (AvgIpc) is 3.03. The van der Waals surface area contributed by atoms with E-state index in [1.165, 1.54) is 25.8 Å². The lowest BCUT2D eigenvalue weighted by molar-refractivity contribution is 0.100. The zero-order valence-electron chi connectivity index (χ0n) is 13.4. The molecule has 3 rings (SSSR count). The molecule has 0 spiro atoms. The fourth-order valence-electron chi connectivity index (χ4n) is 3.01. The number of likely N-dealkylation sites (tertiary alicyclic amines) is 1. The summed E-state index contributed by atoms with van der Waals surface area (Å²) in [6, 6.07) is 7.53. The van der Waals surface area contributed by atoms with Crippen molar-refractivity contribution in [2.45, 2.75) is 38.3 Å². The number of benzene rings is 1. The van der Waals surface area contributed by atoms with Gasteiger partial charge in [0.25, 0.3) is 0 Å². The van der Waals surface area contributed by atoms with Crippen molar-refractivity contribution in [3.05, 3.63) is 29.8 Å². The molecule has 1 aromatic carbocycles. The number of hydrogen-bond donors (Lipinski definition) is 1. The highest BCUT2D eigenvalue weighted by atomic mass is 16.1. The molecule has 2 N–H and O–H groups in total. The van der Waals surface area contributed by atoms with Crippen LogP contribution in [0.1, 0.15) is 36.0 Å². The Morgan fingerprint density at radius 2 is 2.09 bits per heavy atom. The molecule has 0 aliphatic carbocycles. The molecule has 1 aliphatic rings. The van der Waals surface area contributed by atoms with E-state index in [1.807, 2.05) is 0 Å².